The maximum absolute atomic E-state index is 3.74. The van der Waals surface area contributed by atoms with Crippen LogP contribution in [-0.4, -0.2) is 52.9 Å². The van der Waals surface area contributed by atoms with Crippen molar-refractivity contribution in [2.45, 2.75) is 0 Å². The van der Waals surface area contributed by atoms with Gasteiger partial charge in [-0.05, 0) is 0 Å². The number of hydrogen-bond donors (Lipinski definition) is 0. The van der Waals surface area contributed by atoms with E-state index in [1.54, 1.807) is 12.6 Å². The van der Waals surface area contributed by atoms with E-state index in [4.69, 9.17) is 0 Å². The fourth-order valence-electron chi connectivity index (χ4n) is 0.236. The molecule has 0 aromatic rings. The number of hydrogen-bond acceptors (Lipinski definition) is 2. The minimum Gasteiger partial charge on any atom is -0.412 e. The fraction of sp³-hybridized carbons (Fsp3) is 0.333. The molecule has 0 aliphatic carbocycles. The molecule has 0 amide bonds. The Morgan fingerprint density at radius 1 is 1.11 bits per heavy atom. The highest BCUT2D eigenvalue weighted by Crippen LogP contribution is 1.71. The monoisotopic (exact) mass is 149 g/mol. The SMILES string of the molecule is C1=NC=NC1.O.O.O.[Al]. The zero-order valence-corrected chi connectivity index (χ0v) is 5.99. The topological polar surface area (TPSA) is 119 Å². The Morgan fingerprint density at radius 3 is 1.78 bits per heavy atom. The van der Waals surface area contributed by atoms with Crippen molar-refractivity contribution in [2.24, 2.45) is 9.98 Å². The van der Waals surface area contributed by atoms with Crippen LogP contribution in [0.3, 0.4) is 0 Å². The standard InChI is InChI=1S/C3H4N2.Al.3H2O/c1-2-5-3-4-1;;;;/h1,3H,2H2;;3*1H2. The number of rotatable bonds is 0. The van der Waals surface area contributed by atoms with Crippen molar-refractivity contribution >= 4 is 29.9 Å². The van der Waals surface area contributed by atoms with E-state index in [-0.39, 0.29) is 33.8 Å². The average molecular weight is 149 g/mol. The molecule has 9 heavy (non-hydrogen) atoms. The molecule has 0 aromatic carbocycles. The van der Waals surface area contributed by atoms with Crippen molar-refractivity contribution < 1.29 is 16.4 Å². The van der Waals surface area contributed by atoms with E-state index < -0.39 is 0 Å². The summed E-state index contributed by atoms with van der Waals surface area (Å²) in [5.74, 6) is 0. The second-order valence-electron chi connectivity index (χ2n) is 0.812. The molecule has 0 fully saturated rings. The summed E-state index contributed by atoms with van der Waals surface area (Å²) in [4.78, 5) is 7.40. The maximum atomic E-state index is 3.74. The summed E-state index contributed by atoms with van der Waals surface area (Å²) in [5, 5.41) is 0. The Morgan fingerprint density at radius 2 is 1.67 bits per heavy atom. The molecule has 0 unspecified atom stereocenters. The number of aliphatic imine (C=N–C) groups is 2. The normalized spacial score (nSPS) is 9.78. The lowest BCUT2D eigenvalue weighted by atomic mass is 10.8. The molecule has 0 spiro atoms. The van der Waals surface area contributed by atoms with Gasteiger partial charge < -0.3 is 16.4 Å². The van der Waals surface area contributed by atoms with Gasteiger partial charge in [0.15, 0.2) is 0 Å². The highest BCUT2D eigenvalue weighted by atomic mass is 27.0. The zero-order chi connectivity index (χ0) is 3.54. The van der Waals surface area contributed by atoms with E-state index in [0.717, 1.165) is 6.54 Å². The number of nitrogens with zero attached hydrogens (tertiary/aromatic N) is 2. The lowest BCUT2D eigenvalue weighted by Gasteiger charge is -1.56. The molecule has 3 radical (unpaired) electrons. The van der Waals surface area contributed by atoms with Crippen molar-refractivity contribution in [1.82, 2.24) is 0 Å². The van der Waals surface area contributed by atoms with Crippen molar-refractivity contribution in [3.05, 3.63) is 0 Å². The minimum atomic E-state index is 0. The van der Waals surface area contributed by atoms with E-state index in [2.05, 4.69) is 9.98 Å². The van der Waals surface area contributed by atoms with Gasteiger partial charge in [-0.1, -0.05) is 0 Å². The molecular formula is C3H10AlN2O3. The van der Waals surface area contributed by atoms with E-state index in [0.29, 0.717) is 0 Å². The molecule has 1 aliphatic heterocycles. The van der Waals surface area contributed by atoms with Crippen LogP contribution in [0.4, 0.5) is 0 Å². The Balaban J connectivity index is -0.0000000312. The Hall–Kier alpha value is -0.248. The summed E-state index contributed by atoms with van der Waals surface area (Å²) in [6.07, 6.45) is 3.32. The molecule has 1 rings (SSSR count). The van der Waals surface area contributed by atoms with Gasteiger partial charge in [0.1, 0.15) is 6.34 Å². The predicted molar refractivity (Wildman–Crippen MR) is 38.4 cm³/mol. The highest BCUT2D eigenvalue weighted by molar-refractivity contribution is 5.79. The van der Waals surface area contributed by atoms with Crippen LogP contribution in [0.15, 0.2) is 9.98 Å². The van der Waals surface area contributed by atoms with Crippen LogP contribution in [0.25, 0.3) is 0 Å². The first kappa shape index (κ1) is 23.3. The van der Waals surface area contributed by atoms with Crippen LogP contribution in [-0.2, 0) is 0 Å². The van der Waals surface area contributed by atoms with Gasteiger partial charge in [0.05, 0.1) is 6.54 Å². The molecule has 0 saturated heterocycles. The molecule has 6 N–H and O–H groups in total. The van der Waals surface area contributed by atoms with E-state index in [1.165, 1.54) is 0 Å². The third-order valence-corrected chi connectivity index (χ3v) is 0.441. The van der Waals surface area contributed by atoms with E-state index in [9.17, 15) is 0 Å². The summed E-state index contributed by atoms with van der Waals surface area (Å²) in [5.41, 5.74) is 0. The summed E-state index contributed by atoms with van der Waals surface area (Å²) in [6.45, 7) is 0.778. The predicted octanol–water partition coefficient (Wildman–Crippen LogP) is -2.76. The molecule has 53 valence electrons. The average Bonchev–Trinajstić information content (AvgIpc) is 1.76. The van der Waals surface area contributed by atoms with Crippen molar-refractivity contribution in [3.63, 3.8) is 0 Å². The van der Waals surface area contributed by atoms with Gasteiger partial charge >= 0.3 is 0 Å². The molecule has 6 heteroatoms. The van der Waals surface area contributed by atoms with Gasteiger partial charge in [-0.15, -0.1) is 0 Å². The lowest BCUT2D eigenvalue weighted by molar-refractivity contribution is 0.823. The third kappa shape index (κ3) is 11.4. The molecule has 1 aliphatic rings. The molecule has 0 bridgehead atoms. The molecule has 1 heterocycles. The summed E-state index contributed by atoms with van der Waals surface area (Å²) in [6, 6.07) is 0. The van der Waals surface area contributed by atoms with E-state index >= 15 is 0 Å². The Bertz CT molecular complexity index is 75.1. The van der Waals surface area contributed by atoms with Crippen LogP contribution in [0.5, 0.6) is 0 Å². The van der Waals surface area contributed by atoms with Crippen LogP contribution in [0.1, 0.15) is 0 Å². The smallest absolute Gasteiger partial charge is 0.109 e. The van der Waals surface area contributed by atoms with Crippen molar-refractivity contribution in [2.75, 3.05) is 6.54 Å². The molecule has 0 atom stereocenters. The minimum absolute atomic E-state index is 0. The van der Waals surface area contributed by atoms with Crippen LogP contribution < -0.4 is 0 Å². The van der Waals surface area contributed by atoms with Gasteiger partial charge in [-0.25, -0.2) is 4.99 Å². The first-order valence-corrected chi connectivity index (χ1v) is 1.50. The van der Waals surface area contributed by atoms with Crippen LogP contribution in [0.2, 0.25) is 0 Å². The molecule has 0 aromatic heterocycles. The highest BCUT2D eigenvalue weighted by Gasteiger charge is 1.73. The van der Waals surface area contributed by atoms with Gasteiger partial charge in [-0.2, -0.15) is 0 Å². The fourth-order valence-corrected chi connectivity index (χ4v) is 0.236. The quantitative estimate of drug-likeness (QED) is 0.331. The van der Waals surface area contributed by atoms with Gasteiger partial charge in [-0.3, -0.25) is 4.99 Å². The summed E-state index contributed by atoms with van der Waals surface area (Å²) < 4.78 is 0. The third-order valence-electron chi connectivity index (χ3n) is 0.441. The largest absolute Gasteiger partial charge is 0.412 e. The van der Waals surface area contributed by atoms with Gasteiger partial charge in [0, 0.05) is 23.6 Å². The van der Waals surface area contributed by atoms with Gasteiger partial charge in [0.25, 0.3) is 0 Å². The lowest BCUT2D eigenvalue weighted by Crippen LogP contribution is -1.65. The van der Waals surface area contributed by atoms with Crippen LogP contribution in [0, 0.1) is 0 Å². The first-order chi connectivity index (χ1) is 2.50. The summed E-state index contributed by atoms with van der Waals surface area (Å²) >= 11 is 0. The molecule has 5 nitrogen and oxygen atoms in total. The Kier molecular flexibility index (Phi) is 40.5. The van der Waals surface area contributed by atoms with Crippen LogP contribution >= 0.6 is 0 Å². The maximum Gasteiger partial charge on any atom is 0.109 e. The van der Waals surface area contributed by atoms with Crippen molar-refractivity contribution in [3.8, 4) is 0 Å². The summed E-state index contributed by atoms with van der Waals surface area (Å²) in [7, 11) is 0. The second kappa shape index (κ2) is 15.7. The zero-order valence-electron chi connectivity index (χ0n) is 4.83. The second-order valence-corrected chi connectivity index (χ2v) is 0.812. The first-order valence-electron chi connectivity index (χ1n) is 1.50. The van der Waals surface area contributed by atoms with E-state index in [1.807, 2.05) is 0 Å². The van der Waals surface area contributed by atoms with Gasteiger partial charge in [0.2, 0.25) is 0 Å². The molecular weight excluding hydrogens is 139 g/mol. The van der Waals surface area contributed by atoms with Crippen molar-refractivity contribution in [1.29, 1.82) is 0 Å². The Labute approximate surface area is 63.6 Å². The molecule has 0 saturated carbocycles.